The number of aromatic nitrogens is 2. The Labute approximate surface area is 129 Å². The van der Waals surface area contributed by atoms with Crippen molar-refractivity contribution >= 4 is 11.8 Å². The summed E-state index contributed by atoms with van der Waals surface area (Å²) in [6, 6.07) is 0. The minimum atomic E-state index is -0.660. The van der Waals surface area contributed by atoms with Crippen molar-refractivity contribution in [2.24, 2.45) is 24.1 Å². The zero-order chi connectivity index (χ0) is 15.7. The molecule has 2 fully saturated rings. The molecule has 2 amide bonds. The van der Waals surface area contributed by atoms with E-state index in [0.717, 1.165) is 12.0 Å². The van der Waals surface area contributed by atoms with Crippen LogP contribution in [0.5, 0.6) is 0 Å². The van der Waals surface area contributed by atoms with Crippen LogP contribution in [0.2, 0.25) is 0 Å². The van der Waals surface area contributed by atoms with E-state index in [-0.39, 0.29) is 23.7 Å². The summed E-state index contributed by atoms with van der Waals surface area (Å²) in [7, 11) is 1.86. The molecule has 1 saturated heterocycles. The normalized spacial score (nSPS) is 26.4. The van der Waals surface area contributed by atoms with Crippen molar-refractivity contribution in [3.8, 4) is 0 Å². The average Bonchev–Trinajstić information content (AvgIpc) is 3.20. The van der Waals surface area contributed by atoms with Crippen molar-refractivity contribution in [2.45, 2.75) is 25.2 Å². The van der Waals surface area contributed by atoms with E-state index in [1.54, 1.807) is 10.9 Å². The van der Waals surface area contributed by atoms with E-state index in [1.165, 1.54) is 0 Å². The lowest BCUT2D eigenvalue weighted by molar-refractivity contribution is -0.134. The zero-order valence-electron chi connectivity index (χ0n) is 12.7. The topological polar surface area (TPSA) is 99.2 Å². The predicted octanol–water partition coefficient (Wildman–Crippen LogP) is -0.0781. The molecule has 0 radical (unpaired) electrons. The van der Waals surface area contributed by atoms with Crippen LogP contribution >= 0.6 is 0 Å². The maximum Gasteiger partial charge on any atom is 0.225 e. The van der Waals surface area contributed by atoms with Crippen LogP contribution in [0.1, 0.15) is 30.7 Å². The third-order valence-electron chi connectivity index (χ3n) is 4.85. The first-order chi connectivity index (χ1) is 10.5. The number of hydrogen-bond donors (Lipinski definition) is 2. The Morgan fingerprint density at radius 3 is 2.82 bits per heavy atom. The summed E-state index contributed by atoms with van der Waals surface area (Å²) in [5.41, 5.74) is 5.98. The highest BCUT2D eigenvalue weighted by atomic mass is 16.5. The Bertz CT molecular complexity index is 577. The molecule has 0 bridgehead atoms. The summed E-state index contributed by atoms with van der Waals surface area (Å²) < 4.78 is 7.03. The number of ether oxygens (including phenoxy) is 1. The van der Waals surface area contributed by atoms with E-state index < -0.39 is 5.41 Å². The van der Waals surface area contributed by atoms with E-state index in [2.05, 4.69) is 10.4 Å². The molecule has 22 heavy (non-hydrogen) atoms. The number of nitrogens with two attached hydrogens (primary N) is 1. The largest absolute Gasteiger partial charge is 0.381 e. The molecular formula is C15H22N4O3. The van der Waals surface area contributed by atoms with Crippen LogP contribution in [0.3, 0.4) is 0 Å². The summed E-state index contributed by atoms with van der Waals surface area (Å²) >= 11 is 0. The Hall–Kier alpha value is -1.89. The molecule has 1 aliphatic heterocycles. The molecule has 120 valence electrons. The van der Waals surface area contributed by atoms with E-state index in [1.807, 2.05) is 13.2 Å². The van der Waals surface area contributed by atoms with Crippen molar-refractivity contribution in [1.82, 2.24) is 15.1 Å². The van der Waals surface area contributed by atoms with Crippen molar-refractivity contribution in [3.63, 3.8) is 0 Å². The highest BCUT2D eigenvalue weighted by Gasteiger charge is 2.46. The Balaban J connectivity index is 1.55. The number of primary amides is 1. The van der Waals surface area contributed by atoms with Gasteiger partial charge in [-0.1, -0.05) is 0 Å². The molecule has 1 aromatic rings. The SMILES string of the molecule is Cn1cc(C2CC2C(=O)NCC2(C(N)=O)CCOCC2)cn1. The molecule has 0 aromatic carbocycles. The summed E-state index contributed by atoms with van der Waals surface area (Å²) in [6.07, 6.45) is 5.73. The molecule has 3 rings (SSSR count). The lowest BCUT2D eigenvalue weighted by Crippen LogP contribution is -2.49. The first kappa shape index (κ1) is 15.0. The van der Waals surface area contributed by atoms with E-state index in [9.17, 15) is 9.59 Å². The third kappa shape index (κ3) is 2.85. The minimum absolute atomic E-state index is 0.000898. The smallest absolute Gasteiger partial charge is 0.225 e. The number of carbonyl (C=O) groups excluding carboxylic acids is 2. The number of amides is 2. The van der Waals surface area contributed by atoms with Crippen LogP contribution < -0.4 is 11.1 Å². The molecule has 1 aliphatic carbocycles. The zero-order valence-corrected chi connectivity index (χ0v) is 12.7. The first-order valence-electron chi connectivity index (χ1n) is 7.66. The number of rotatable bonds is 5. The predicted molar refractivity (Wildman–Crippen MR) is 78.7 cm³/mol. The molecule has 7 nitrogen and oxygen atoms in total. The highest BCUT2D eigenvalue weighted by molar-refractivity contribution is 5.85. The molecule has 2 unspecified atom stereocenters. The second kappa shape index (κ2) is 5.72. The van der Waals surface area contributed by atoms with Gasteiger partial charge >= 0.3 is 0 Å². The Morgan fingerprint density at radius 2 is 2.23 bits per heavy atom. The third-order valence-corrected chi connectivity index (χ3v) is 4.85. The summed E-state index contributed by atoms with van der Waals surface area (Å²) in [5.74, 6) is -0.126. The number of nitrogens with zero attached hydrogens (tertiary/aromatic N) is 2. The van der Waals surface area contributed by atoms with Gasteiger partial charge in [-0.2, -0.15) is 5.10 Å². The Kier molecular flexibility index (Phi) is 3.90. The van der Waals surface area contributed by atoms with Crippen LogP contribution in [0.4, 0.5) is 0 Å². The molecule has 7 heteroatoms. The monoisotopic (exact) mass is 306 g/mol. The molecule has 1 saturated carbocycles. The highest BCUT2D eigenvalue weighted by Crippen LogP contribution is 2.47. The van der Waals surface area contributed by atoms with Gasteiger partial charge in [-0.25, -0.2) is 0 Å². The first-order valence-corrected chi connectivity index (χ1v) is 7.66. The maximum atomic E-state index is 12.3. The van der Waals surface area contributed by atoms with Gasteiger partial charge in [0.2, 0.25) is 11.8 Å². The van der Waals surface area contributed by atoms with E-state index >= 15 is 0 Å². The van der Waals surface area contributed by atoms with Crippen LogP contribution in [-0.2, 0) is 21.4 Å². The molecule has 2 aliphatic rings. The van der Waals surface area contributed by atoms with E-state index in [4.69, 9.17) is 10.5 Å². The maximum absolute atomic E-state index is 12.3. The molecular weight excluding hydrogens is 284 g/mol. The second-order valence-corrected chi connectivity index (χ2v) is 6.37. The summed E-state index contributed by atoms with van der Waals surface area (Å²) in [6.45, 7) is 1.34. The van der Waals surface area contributed by atoms with Crippen molar-refractivity contribution in [3.05, 3.63) is 18.0 Å². The van der Waals surface area contributed by atoms with E-state index in [0.29, 0.717) is 32.6 Å². The van der Waals surface area contributed by atoms with Gasteiger partial charge in [0.25, 0.3) is 0 Å². The van der Waals surface area contributed by atoms with Gasteiger partial charge in [0, 0.05) is 38.9 Å². The molecule has 3 N–H and O–H groups in total. The van der Waals surface area contributed by atoms with Crippen LogP contribution in [0.25, 0.3) is 0 Å². The number of aryl methyl sites for hydroxylation is 1. The van der Waals surface area contributed by atoms with Crippen molar-refractivity contribution < 1.29 is 14.3 Å². The van der Waals surface area contributed by atoms with Gasteiger partial charge in [-0.15, -0.1) is 0 Å². The fraction of sp³-hybridized carbons (Fsp3) is 0.667. The van der Waals surface area contributed by atoms with Gasteiger partial charge in [0.15, 0.2) is 0 Å². The number of hydrogen-bond acceptors (Lipinski definition) is 4. The van der Waals surface area contributed by atoms with Crippen molar-refractivity contribution in [2.75, 3.05) is 19.8 Å². The van der Waals surface area contributed by atoms with Crippen molar-refractivity contribution in [1.29, 1.82) is 0 Å². The van der Waals surface area contributed by atoms with Gasteiger partial charge in [0.05, 0.1) is 11.6 Å². The van der Waals surface area contributed by atoms with Gasteiger partial charge in [-0.3, -0.25) is 14.3 Å². The minimum Gasteiger partial charge on any atom is -0.381 e. The molecule has 1 aromatic heterocycles. The standard InChI is InChI=1S/C15H22N4O3/c1-19-8-10(7-18-19)11-6-12(11)13(20)17-9-15(14(16)21)2-4-22-5-3-15/h7-8,11-12H,2-6,9H2,1H3,(H2,16,21)(H,17,20). The van der Waals surface area contributed by atoms with Crippen LogP contribution in [0.15, 0.2) is 12.4 Å². The van der Waals surface area contributed by atoms with Gasteiger partial charge in [-0.05, 0) is 30.7 Å². The number of carbonyl (C=O) groups is 2. The second-order valence-electron chi connectivity index (χ2n) is 6.37. The van der Waals surface area contributed by atoms with Gasteiger partial charge < -0.3 is 15.8 Å². The number of nitrogens with one attached hydrogen (secondary N) is 1. The molecule has 2 atom stereocenters. The lowest BCUT2D eigenvalue weighted by Gasteiger charge is -2.34. The van der Waals surface area contributed by atoms with Crippen LogP contribution in [-0.4, -0.2) is 41.4 Å². The van der Waals surface area contributed by atoms with Crippen LogP contribution in [0, 0.1) is 11.3 Å². The lowest BCUT2D eigenvalue weighted by atomic mass is 9.79. The summed E-state index contributed by atoms with van der Waals surface area (Å²) in [5, 5.41) is 7.06. The molecule has 2 heterocycles. The molecule has 0 spiro atoms. The van der Waals surface area contributed by atoms with Gasteiger partial charge in [0.1, 0.15) is 0 Å². The fourth-order valence-corrected chi connectivity index (χ4v) is 3.14. The fourth-order valence-electron chi connectivity index (χ4n) is 3.14. The summed E-state index contributed by atoms with van der Waals surface area (Å²) in [4.78, 5) is 24.0. The average molecular weight is 306 g/mol. The quantitative estimate of drug-likeness (QED) is 0.795. The Morgan fingerprint density at radius 1 is 1.50 bits per heavy atom.